The number of hydrogen-bond donors (Lipinski definition) is 0. The lowest BCUT2D eigenvalue weighted by atomic mass is 9.67. The first-order chi connectivity index (χ1) is 33.7. The van der Waals surface area contributed by atoms with Gasteiger partial charge in [-0.3, -0.25) is 0 Å². The van der Waals surface area contributed by atoms with E-state index >= 15 is 0 Å². The Morgan fingerprint density at radius 2 is 0.882 bits per heavy atom. The molecular weight excluding hydrogens is 827 g/mol. The van der Waals surface area contributed by atoms with Crippen molar-refractivity contribution in [3.63, 3.8) is 0 Å². The molecule has 0 atom stereocenters. The van der Waals surface area contributed by atoms with Crippen molar-refractivity contribution in [3.05, 3.63) is 271 Å². The van der Waals surface area contributed by atoms with Crippen LogP contribution in [0.25, 0.3) is 88.0 Å². The molecule has 0 bridgehead atoms. The molecule has 2 aromatic heterocycles. The molecule has 2 heterocycles. The topological polar surface area (TPSA) is 29.5 Å². The molecule has 1 aliphatic carbocycles. The average Bonchev–Trinajstić information content (AvgIpc) is 4.06. The number of para-hydroxylation sites is 2. The van der Waals surface area contributed by atoms with Crippen molar-refractivity contribution in [2.75, 3.05) is 4.90 Å². The Morgan fingerprint density at radius 1 is 0.309 bits per heavy atom. The quantitative estimate of drug-likeness (QED) is 0.160. The Hall–Kier alpha value is -8.92. The molecule has 3 heteroatoms. The van der Waals surface area contributed by atoms with Crippen molar-refractivity contribution in [1.29, 1.82) is 0 Å². The van der Waals surface area contributed by atoms with Gasteiger partial charge < -0.3 is 13.7 Å². The van der Waals surface area contributed by atoms with Gasteiger partial charge in [-0.05, 0) is 128 Å². The maximum Gasteiger partial charge on any atom is 0.136 e. The van der Waals surface area contributed by atoms with Gasteiger partial charge in [-0.15, -0.1) is 0 Å². The maximum atomic E-state index is 6.66. The van der Waals surface area contributed by atoms with Gasteiger partial charge in [0.15, 0.2) is 0 Å². The Labute approximate surface area is 393 Å². The monoisotopic (exact) mass is 867 g/mol. The van der Waals surface area contributed by atoms with E-state index in [1.165, 1.54) is 38.8 Å². The van der Waals surface area contributed by atoms with Crippen LogP contribution in [0, 0.1) is 0 Å². The van der Waals surface area contributed by atoms with Gasteiger partial charge in [0.05, 0.1) is 11.1 Å². The highest BCUT2D eigenvalue weighted by Crippen LogP contribution is 2.57. The average molecular weight is 868 g/mol. The summed E-state index contributed by atoms with van der Waals surface area (Å²) in [6.45, 7) is 0. The Balaban J connectivity index is 1.00. The minimum atomic E-state index is -0.557. The van der Waals surface area contributed by atoms with Gasteiger partial charge in [0.25, 0.3) is 0 Å². The molecule has 68 heavy (non-hydrogen) atoms. The molecule has 3 nitrogen and oxygen atoms in total. The predicted molar refractivity (Wildman–Crippen MR) is 281 cm³/mol. The van der Waals surface area contributed by atoms with E-state index in [-0.39, 0.29) is 0 Å². The molecule has 0 saturated heterocycles. The first kappa shape index (κ1) is 38.4. The fraction of sp³-hybridized carbons (Fsp3) is 0.0154. The summed E-state index contributed by atoms with van der Waals surface area (Å²) >= 11 is 0. The number of furan rings is 2. The lowest BCUT2D eigenvalue weighted by molar-refractivity contribution is 0.669. The molecule has 0 spiro atoms. The number of benzene rings is 11. The van der Waals surface area contributed by atoms with Gasteiger partial charge >= 0.3 is 0 Å². The van der Waals surface area contributed by atoms with Crippen LogP contribution in [0.5, 0.6) is 0 Å². The molecule has 14 rings (SSSR count). The predicted octanol–water partition coefficient (Wildman–Crippen LogP) is 17.8. The summed E-state index contributed by atoms with van der Waals surface area (Å²) < 4.78 is 13.0. The molecule has 0 saturated carbocycles. The molecule has 0 radical (unpaired) electrons. The molecule has 13 aromatic rings. The van der Waals surface area contributed by atoms with Crippen molar-refractivity contribution in [1.82, 2.24) is 0 Å². The summed E-state index contributed by atoms with van der Waals surface area (Å²) in [5.74, 6) is 0. The summed E-state index contributed by atoms with van der Waals surface area (Å²) in [5.41, 5.74) is 18.1. The van der Waals surface area contributed by atoms with Gasteiger partial charge in [0, 0.05) is 38.5 Å². The van der Waals surface area contributed by atoms with E-state index in [0.29, 0.717) is 0 Å². The molecule has 0 amide bonds. The zero-order chi connectivity index (χ0) is 44.8. The first-order valence-electron chi connectivity index (χ1n) is 23.3. The SMILES string of the molecule is c1ccc(C2(c3ccccc3)c3ccccc3-c3ccc(N(c4ccc(-c5ccc6c(c5)oc5ccccc56)cc4)c4ccccc4-c4cccc5oc6cc7ccccc7cc6c45)cc32)cc1. The third-order valence-electron chi connectivity index (χ3n) is 14.3. The minimum absolute atomic E-state index is 0.557. The first-order valence-corrected chi connectivity index (χ1v) is 23.3. The number of nitrogens with zero attached hydrogens (tertiary/aromatic N) is 1. The fourth-order valence-corrected chi connectivity index (χ4v) is 11.3. The lowest BCUT2D eigenvalue weighted by Crippen LogP contribution is -2.28. The van der Waals surface area contributed by atoms with E-state index in [0.717, 1.165) is 88.6 Å². The normalized spacial score (nSPS) is 12.8. The third kappa shape index (κ3) is 5.72. The van der Waals surface area contributed by atoms with E-state index in [1.807, 2.05) is 12.1 Å². The van der Waals surface area contributed by atoms with Crippen molar-refractivity contribution < 1.29 is 8.83 Å². The highest BCUT2D eigenvalue weighted by atomic mass is 16.3. The third-order valence-corrected chi connectivity index (χ3v) is 14.3. The van der Waals surface area contributed by atoms with E-state index in [2.05, 4.69) is 241 Å². The molecule has 11 aromatic carbocycles. The van der Waals surface area contributed by atoms with Gasteiger partial charge in [0.2, 0.25) is 0 Å². The summed E-state index contributed by atoms with van der Waals surface area (Å²) in [5, 5.41) is 6.81. The highest BCUT2D eigenvalue weighted by molar-refractivity contribution is 6.17. The summed E-state index contributed by atoms with van der Waals surface area (Å²) in [4.78, 5) is 2.45. The second-order valence-electron chi connectivity index (χ2n) is 17.9. The van der Waals surface area contributed by atoms with Gasteiger partial charge in [-0.1, -0.05) is 182 Å². The van der Waals surface area contributed by atoms with Crippen LogP contribution in [0.4, 0.5) is 17.1 Å². The summed E-state index contributed by atoms with van der Waals surface area (Å²) in [6, 6.07) is 90.2. The zero-order valence-corrected chi connectivity index (χ0v) is 36.9. The molecular formula is C65H41NO2. The van der Waals surface area contributed by atoms with Crippen molar-refractivity contribution >= 4 is 71.7 Å². The number of anilines is 3. The van der Waals surface area contributed by atoms with Crippen molar-refractivity contribution in [2.24, 2.45) is 0 Å². The van der Waals surface area contributed by atoms with E-state index in [9.17, 15) is 0 Å². The Kier molecular flexibility index (Phi) is 8.50. The van der Waals surface area contributed by atoms with E-state index in [1.54, 1.807) is 0 Å². The Bertz CT molecular complexity index is 4050. The molecule has 318 valence electrons. The summed E-state index contributed by atoms with van der Waals surface area (Å²) in [6.07, 6.45) is 0. The van der Waals surface area contributed by atoms with Crippen LogP contribution in [0.1, 0.15) is 22.3 Å². The number of fused-ring (bicyclic) bond motifs is 10. The van der Waals surface area contributed by atoms with Crippen LogP contribution in [0.3, 0.4) is 0 Å². The van der Waals surface area contributed by atoms with Crippen LogP contribution in [0.15, 0.2) is 258 Å². The fourth-order valence-electron chi connectivity index (χ4n) is 11.3. The smallest absolute Gasteiger partial charge is 0.136 e. The molecule has 0 aliphatic heterocycles. The van der Waals surface area contributed by atoms with Crippen molar-refractivity contribution in [3.8, 4) is 33.4 Å². The standard InChI is InChI=1S/C65H41NO2/c1-3-18-46(19-4-1)65(47-20-5-2-6-21-47)57-26-12-9-22-50(57)51-37-35-49(41-58(51)65)66(48-33-30-42(31-34-48)45-32-36-54-53-24-11-14-28-60(53)67-62(54)40-45)59-27-13-10-23-52(59)55-25-15-29-61-64(55)56-38-43-16-7-8-17-44(43)39-63(56)68-61/h1-41H. The molecule has 0 unspecified atom stereocenters. The number of rotatable bonds is 7. The van der Waals surface area contributed by atoms with Crippen LogP contribution >= 0.6 is 0 Å². The second kappa shape index (κ2) is 15.1. The van der Waals surface area contributed by atoms with E-state index < -0.39 is 5.41 Å². The lowest BCUT2D eigenvalue weighted by Gasteiger charge is -2.35. The van der Waals surface area contributed by atoms with E-state index in [4.69, 9.17) is 8.83 Å². The van der Waals surface area contributed by atoms with Crippen LogP contribution < -0.4 is 4.90 Å². The Morgan fingerprint density at radius 3 is 1.69 bits per heavy atom. The van der Waals surface area contributed by atoms with Gasteiger partial charge in [-0.2, -0.15) is 0 Å². The van der Waals surface area contributed by atoms with Crippen LogP contribution in [-0.2, 0) is 5.41 Å². The maximum absolute atomic E-state index is 6.66. The minimum Gasteiger partial charge on any atom is -0.456 e. The largest absolute Gasteiger partial charge is 0.456 e. The van der Waals surface area contributed by atoms with Crippen molar-refractivity contribution in [2.45, 2.75) is 5.41 Å². The second-order valence-corrected chi connectivity index (χ2v) is 17.9. The highest BCUT2D eigenvalue weighted by Gasteiger charge is 2.46. The molecule has 1 aliphatic rings. The van der Waals surface area contributed by atoms with Gasteiger partial charge in [0.1, 0.15) is 22.3 Å². The van der Waals surface area contributed by atoms with Crippen LogP contribution in [-0.4, -0.2) is 0 Å². The molecule has 0 N–H and O–H groups in total. The molecule has 0 fully saturated rings. The summed E-state index contributed by atoms with van der Waals surface area (Å²) in [7, 11) is 0. The number of hydrogen-bond acceptors (Lipinski definition) is 3. The van der Waals surface area contributed by atoms with Gasteiger partial charge in [-0.25, -0.2) is 0 Å². The zero-order valence-electron chi connectivity index (χ0n) is 36.9. The van der Waals surface area contributed by atoms with Crippen LogP contribution in [0.2, 0.25) is 0 Å².